The highest BCUT2D eigenvalue weighted by molar-refractivity contribution is 7.99. The SMILES string of the molecule is C=CCn1c(SCC(=O)Nc2cccc(C(F)(F)F)c2)nnc1C(C)Oc1cccc(OC)c1. The molecule has 1 aromatic heterocycles. The molecule has 0 aliphatic heterocycles. The number of anilines is 1. The van der Waals surface area contributed by atoms with Gasteiger partial charge in [0, 0.05) is 18.3 Å². The number of amides is 1. The van der Waals surface area contributed by atoms with E-state index in [-0.39, 0.29) is 11.4 Å². The van der Waals surface area contributed by atoms with Gasteiger partial charge in [-0.15, -0.1) is 16.8 Å². The molecule has 0 saturated heterocycles. The monoisotopic (exact) mass is 492 g/mol. The van der Waals surface area contributed by atoms with Crippen LogP contribution in [-0.2, 0) is 17.5 Å². The van der Waals surface area contributed by atoms with Crippen LogP contribution in [0.5, 0.6) is 11.5 Å². The van der Waals surface area contributed by atoms with Crippen molar-refractivity contribution < 1.29 is 27.4 Å². The number of rotatable bonds is 10. The zero-order chi connectivity index (χ0) is 24.7. The van der Waals surface area contributed by atoms with Crippen LogP contribution >= 0.6 is 11.8 Å². The first-order chi connectivity index (χ1) is 16.2. The molecule has 1 amide bonds. The van der Waals surface area contributed by atoms with E-state index in [4.69, 9.17) is 9.47 Å². The van der Waals surface area contributed by atoms with E-state index >= 15 is 0 Å². The van der Waals surface area contributed by atoms with Crippen molar-refractivity contribution in [3.8, 4) is 11.5 Å². The second-order valence-corrected chi connectivity index (χ2v) is 8.04. The Kier molecular flexibility index (Phi) is 8.21. The average molecular weight is 493 g/mol. The fraction of sp³-hybridized carbons (Fsp3) is 0.261. The van der Waals surface area contributed by atoms with Gasteiger partial charge in [-0.25, -0.2) is 0 Å². The highest BCUT2D eigenvalue weighted by atomic mass is 32.2. The normalized spacial score (nSPS) is 12.1. The van der Waals surface area contributed by atoms with Gasteiger partial charge >= 0.3 is 6.18 Å². The molecule has 3 rings (SSSR count). The Labute approximate surface area is 199 Å². The Morgan fingerprint density at radius 3 is 2.65 bits per heavy atom. The standard InChI is InChI=1S/C23H23F3N4O3S/c1-4-11-30-21(15(2)33-19-10-6-9-18(13-19)32-3)28-29-22(30)34-14-20(31)27-17-8-5-7-16(12-17)23(24,25)26/h4-10,12-13,15H,1,11,14H2,2-3H3,(H,27,31). The number of thioether (sulfide) groups is 1. The molecule has 7 nitrogen and oxygen atoms in total. The van der Waals surface area contributed by atoms with Crippen LogP contribution in [0.15, 0.2) is 66.3 Å². The number of allylic oxidation sites excluding steroid dienone is 1. The van der Waals surface area contributed by atoms with E-state index in [9.17, 15) is 18.0 Å². The molecule has 1 unspecified atom stereocenters. The van der Waals surface area contributed by atoms with Crippen molar-refractivity contribution in [2.24, 2.45) is 0 Å². The van der Waals surface area contributed by atoms with Gasteiger partial charge < -0.3 is 14.8 Å². The number of hydrogen-bond donors (Lipinski definition) is 1. The predicted octanol–water partition coefficient (Wildman–Crippen LogP) is 5.36. The van der Waals surface area contributed by atoms with Gasteiger partial charge in [0.1, 0.15) is 11.5 Å². The third kappa shape index (κ3) is 6.53. The van der Waals surface area contributed by atoms with E-state index in [1.165, 1.54) is 12.1 Å². The van der Waals surface area contributed by atoms with Crippen molar-refractivity contribution >= 4 is 23.4 Å². The summed E-state index contributed by atoms with van der Waals surface area (Å²) in [4.78, 5) is 12.3. The summed E-state index contributed by atoms with van der Waals surface area (Å²) in [5, 5.41) is 11.3. The summed E-state index contributed by atoms with van der Waals surface area (Å²) in [6.45, 7) is 5.95. The molecule has 0 fully saturated rings. The van der Waals surface area contributed by atoms with Crippen LogP contribution in [0.4, 0.5) is 18.9 Å². The quantitative estimate of drug-likeness (QED) is 0.303. The fourth-order valence-electron chi connectivity index (χ4n) is 3.04. The molecular weight excluding hydrogens is 469 g/mol. The van der Waals surface area contributed by atoms with Gasteiger partial charge in [0.05, 0.1) is 18.4 Å². The summed E-state index contributed by atoms with van der Waals surface area (Å²) in [6, 6.07) is 11.6. The van der Waals surface area contributed by atoms with E-state index in [1.54, 1.807) is 42.0 Å². The van der Waals surface area contributed by atoms with Crippen LogP contribution in [0.2, 0.25) is 0 Å². The molecular formula is C23H23F3N4O3S. The first-order valence-electron chi connectivity index (χ1n) is 10.2. The topological polar surface area (TPSA) is 78.3 Å². The van der Waals surface area contributed by atoms with Crippen LogP contribution < -0.4 is 14.8 Å². The fourth-order valence-corrected chi connectivity index (χ4v) is 3.79. The van der Waals surface area contributed by atoms with Gasteiger partial charge in [0.2, 0.25) is 5.91 Å². The van der Waals surface area contributed by atoms with Crippen LogP contribution in [-0.4, -0.2) is 33.5 Å². The van der Waals surface area contributed by atoms with Gasteiger partial charge in [-0.1, -0.05) is 30.0 Å². The molecule has 34 heavy (non-hydrogen) atoms. The van der Waals surface area contributed by atoms with Crippen LogP contribution in [0.1, 0.15) is 24.4 Å². The van der Waals surface area contributed by atoms with E-state index in [0.717, 1.165) is 23.9 Å². The molecule has 0 spiro atoms. The highest BCUT2D eigenvalue weighted by Gasteiger charge is 2.30. The van der Waals surface area contributed by atoms with Gasteiger partial charge in [-0.3, -0.25) is 9.36 Å². The second kappa shape index (κ2) is 11.1. The molecule has 3 aromatic rings. The maximum Gasteiger partial charge on any atom is 0.416 e. The molecule has 1 atom stereocenters. The number of nitrogens with one attached hydrogen (secondary N) is 1. The van der Waals surface area contributed by atoms with Gasteiger partial charge in [0.15, 0.2) is 17.1 Å². The predicted molar refractivity (Wildman–Crippen MR) is 123 cm³/mol. The molecule has 0 saturated carbocycles. The van der Waals surface area contributed by atoms with Crippen molar-refractivity contribution in [2.45, 2.75) is 30.9 Å². The minimum absolute atomic E-state index is 0.0639. The number of methoxy groups -OCH3 is 1. The van der Waals surface area contributed by atoms with Crippen molar-refractivity contribution in [3.05, 3.63) is 72.6 Å². The molecule has 11 heteroatoms. The zero-order valence-corrected chi connectivity index (χ0v) is 19.3. The lowest BCUT2D eigenvalue weighted by Crippen LogP contribution is -2.16. The lowest BCUT2D eigenvalue weighted by Gasteiger charge is -2.16. The summed E-state index contributed by atoms with van der Waals surface area (Å²) in [5.74, 6) is 1.23. The van der Waals surface area contributed by atoms with E-state index in [1.807, 2.05) is 6.92 Å². The van der Waals surface area contributed by atoms with E-state index in [0.29, 0.717) is 29.0 Å². The molecule has 180 valence electrons. The van der Waals surface area contributed by atoms with Crippen LogP contribution in [0, 0.1) is 0 Å². The molecule has 0 aliphatic carbocycles. The number of carbonyl (C=O) groups excluding carboxylic acids is 1. The number of nitrogens with zero attached hydrogens (tertiary/aromatic N) is 3. The van der Waals surface area contributed by atoms with Gasteiger partial charge in [0.25, 0.3) is 0 Å². The van der Waals surface area contributed by atoms with Crippen LogP contribution in [0.25, 0.3) is 0 Å². The first kappa shape index (κ1) is 25.2. The van der Waals surface area contributed by atoms with Gasteiger partial charge in [-0.05, 0) is 37.3 Å². The van der Waals surface area contributed by atoms with Crippen molar-refractivity contribution in [1.82, 2.24) is 14.8 Å². The second-order valence-electron chi connectivity index (χ2n) is 7.09. The number of hydrogen-bond acceptors (Lipinski definition) is 6. The van der Waals surface area contributed by atoms with Crippen LogP contribution in [0.3, 0.4) is 0 Å². The maximum absolute atomic E-state index is 12.9. The van der Waals surface area contributed by atoms with Crippen molar-refractivity contribution in [2.75, 3.05) is 18.2 Å². The van der Waals surface area contributed by atoms with Crippen molar-refractivity contribution in [3.63, 3.8) is 0 Å². The van der Waals surface area contributed by atoms with E-state index < -0.39 is 23.8 Å². The lowest BCUT2D eigenvalue weighted by atomic mass is 10.2. The maximum atomic E-state index is 12.9. The zero-order valence-electron chi connectivity index (χ0n) is 18.5. The molecule has 0 radical (unpaired) electrons. The summed E-state index contributed by atoms with van der Waals surface area (Å²) in [5.41, 5.74) is -0.771. The van der Waals surface area contributed by atoms with Gasteiger partial charge in [-0.2, -0.15) is 13.2 Å². The number of benzene rings is 2. The smallest absolute Gasteiger partial charge is 0.416 e. The Hall–Kier alpha value is -3.47. The number of aromatic nitrogens is 3. The number of alkyl halides is 3. The summed E-state index contributed by atoms with van der Waals surface area (Å²) >= 11 is 1.11. The number of halogens is 3. The Morgan fingerprint density at radius 2 is 1.94 bits per heavy atom. The Morgan fingerprint density at radius 1 is 1.21 bits per heavy atom. The highest BCUT2D eigenvalue weighted by Crippen LogP contribution is 2.31. The molecule has 0 bridgehead atoms. The molecule has 1 heterocycles. The minimum atomic E-state index is -4.49. The average Bonchev–Trinajstić information content (AvgIpc) is 3.20. The molecule has 1 N–H and O–H groups in total. The third-order valence-electron chi connectivity index (χ3n) is 4.58. The summed E-state index contributed by atoms with van der Waals surface area (Å²) in [7, 11) is 1.57. The van der Waals surface area contributed by atoms with E-state index in [2.05, 4.69) is 22.1 Å². The minimum Gasteiger partial charge on any atom is -0.497 e. The van der Waals surface area contributed by atoms with Crippen molar-refractivity contribution in [1.29, 1.82) is 0 Å². The molecule has 0 aliphatic rings. The Bertz CT molecular complexity index is 1150. The Balaban J connectivity index is 1.67. The number of ether oxygens (including phenoxy) is 2. The first-order valence-corrected chi connectivity index (χ1v) is 11.1. The molecule has 2 aromatic carbocycles. The lowest BCUT2D eigenvalue weighted by molar-refractivity contribution is -0.137. The number of carbonyl (C=O) groups is 1. The summed E-state index contributed by atoms with van der Waals surface area (Å²) in [6.07, 6.45) is -3.29. The summed E-state index contributed by atoms with van der Waals surface area (Å²) < 4.78 is 51.6. The third-order valence-corrected chi connectivity index (χ3v) is 5.55. The largest absolute Gasteiger partial charge is 0.497 e.